The summed E-state index contributed by atoms with van der Waals surface area (Å²) in [6.07, 6.45) is 3.14. The average Bonchev–Trinajstić information content (AvgIpc) is 3.31. The van der Waals surface area contributed by atoms with Crippen LogP contribution in [0.3, 0.4) is 0 Å². The Balaban J connectivity index is 1.13. The van der Waals surface area contributed by atoms with Gasteiger partial charge in [0.05, 0.1) is 18.8 Å². The number of amides is 2. The summed E-state index contributed by atoms with van der Waals surface area (Å²) in [7, 11) is 0. The van der Waals surface area contributed by atoms with Crippen molar-refractivity contribution in [3.63, 3.8) is 0 Å². The van der Waals surface area contributed by atoms with Crippen molar-refractivity contribution in [1.82, 2.24) is 10.6 Å². The van der Waals surface area contributed by atoms with E-state index < -0.39 is 42.1 Å². The predicted molar refractivity (Wildman–Crippen MR) is 154 cm³/mol. The third kappa shape index (κ3) is 6.66. The lowest BCUT2D eigenvalue weighted by Crippen LogP contribution is -2.51. The van der Waals surface area contributed by atoms with Crippen LogP contribution >= 0.6 is 0 Å². The first-order valence-corrected chi connectivity index (χ1v) is 13.9. The van der Waals surface area contributed by atoms with Gasteiger partial charge in [0.2, 0.25) is 5.91 Å². The normalized spacial score (nSPS) is 19.0. The highest BCUT2D eigenvalue weighted by atomic mass is 16.5. The van der Waals surface area contributed by atoms with Crippen LogP contribution in [0.15, 0.2) is 91.0 Å². The zero-order chi connectivity index (χ0) is 28.8. The van der Waals surface area contributed by atoms with Crippen molar-refractivity contribution in [2.75, 3.05) is 6.61 Å². The minimum atomic E-state index is -1.20. The quantitative estimate of drug-likeness (QED) is 0.303. The van der Waals surface area contributed by atoms with E-state index in [9.17, 15) is 19.5 Å². The molecular formula is C33H34N2O6. The maximum absolute atomic E-state index is 13.0. The fraction of sp³-hybridized carbons (Fsp3) is 0.303. The Bertz CT molecular complexity index is 1380. The highest BCUT2D eigenvalue weighted by molar-refractivity contribution is 5.85. The number of nitrogens with one attached hydrogen (secondary N) is 2. The first-order valence-electron chi connectivity index (χ1n) is 13.9. The van der Waals surface area contributed by atoms with Gasteiger partial charge in [0, 0.05) is 11.8 Å². The number of allylic oxidation sites excluding steroid dienone is 1. The number of carbonyl (C=O) groups is 3. The first kappa shape index (κ1) is 28.1. The molecule has 3 aromatic rings. The van der Waals surface area contributed by atoms with E-state index in [2.05, 4.69) is 34.9 Å². The van der Waals surface area contributed by atoms with Crippen molar-refractivity contribution in [3.8, 4) is 11.1 Å². The van der Waals surface area contributed by atoms with Gasteiger partial charge in [-0.1, -0.05) is 91.0 Å². The molecule has 5 rings (SSSR count). The van der Waals surface area contributed by atoms with Crippen molar-refractivity contribution < 1.29 is 29.0 Å². The smallest absolute Gasteiger partial charge is 0.407 e. The Morgan fingerprint density at radius 3 is 2.22 bits per heavy atom. The van der Waals surface area contributed by atoms with Gasteiger partial charge in [-0.05, 0) is 47.6 Å². The van der Waals surface area contributed by atoms with Gasteiger partial charge in [-0.15, -0.1) is 0 Å². The van der Waals surface area contributed by atoms with Crippen LogP contribution in [0, 0.1) is 5.92 Å². The van der Waals surface area contributed by atoms with E-state index in [0.717, 1.165) is 27.8 Å². The molecule has 8 heteroatoms. The molecule has 3 aromatic carbocycles. The molecule has 0 heterocycles. The fourth-order valence-corrected chi connectivity index (χ4v) is 5.55. The van der Waals surface area contributed by atoms with Gasteiger partial charge >= 0.3 is 12.1 Å². The Morgan fingerprint density at radius 2 is 1.56 bits per heavy atom. The third-order valence-electron chi connectivity index (χ3n) is 7.73. The summed E-state index contributed by atoms with van der Waals surface area (Å²) >= 11 is 0. The molecule has 0 aliphatic heterocycles. The van der Waals surface area contributed by atoms with Gasteiger partial charge in [-0.3, -0.25) is 4.79 Å². The van der Waals surface area contributed by atoms with E-state index in [-0.39, 0.29) is 19.1 Å². The average molecular weight is 555 g/mol. The van der Waals surface area contributed by atoms with Crippen LogP contribution in [0.2, 0.25) is 0 Å². The second kappa shape index (κ2) is 12.8. The standard InChI is InChI=1S/C33H34N2O6/c1-21(40-19-22-10-3-2-4-11-22)30(32(37)38)35-31(36)23-12-9-13-24(18-23)34-33(39)41-20-29-27-16-7-5-14-25(27)26-15-6-8-17-28(26)29/h2-11,13-17,21,23-24,29-30H,12,18-20H2,1H3,(H,34,39)(H,35,36)(H,37,38)/t21-,23+,24+,30+/m0/s1. The summed E-state index contributed by atoms with van der Waals surface area (Å²) in [6.45, 7) is 2.06. The number of hydrogen-bond donors (Lipinski definition) is 3. The molecule has 8 nitrogen and oxygen atoms in total. The summed E-state index contributed by atoms with van der Waals surface area (Å²) in [4.78, 5) is 37.7. The van der Waals surface area contributed by atoms with Gasteiger partial charge in [-0.25, -0.2) is 9.59 Å². The van der Waals surface area contributed by atoms with Crippen LogP contribution in [-0.2, 0) is 25.7 Å². The van der Waals surface area contributed by atoms with Crippen molar-refractivity contribution in [3.05, 3.63) is 108 Å². The second-order valence-corrected chi connectivity index (χ2v) is 10.5. The fourth-order valence-electron chi connectivity index (χ4n) is 5.55. The molecule has 0 saturated carbocycles. The molecule has 2 aliphatic rings. The lowest BCUT2D eigenvalue weighted by molar-refractivity contribution is -0.147. The molecule has 3 N–H and O–H groups in total. The largest absolute Gasteiger partial charge is 0.480 e. The van der Waals surface area contributed by atoms with E-state index >= 15 is 0 Å². The summed E-state index contributed by atoms with van der Waals surface area (Å²) in [5, 5.41) is 15.2. The van der Waals surface area contributed by atoms with Crippen LogP contribution in [0.25, 0.3) is 11.1 Å². The SMILES string of the molecule is C[C@H](OCc1ccccc1)[C@@H](NC(=O)[C@@H]1CC=C[C@@H](NC(=O)OCC2c3ccccc3-c3ccccc32)C1)C(=O)O. The van der Waals surface area contributed by atoms with Gasteiger partial charge < -0.3 is 25.2 Å². The molecular weight excluding hydrogens is 520 g/mol. The van der Waals surface area contributed by atoms with E-state index in [1.165, 1.54) is 0 Å². The second-order valence-electron chi connectivity index (χ2n) is 10.5. The Hall–Kier alpha value is -4.43. The van der Waals surface area contributed by atoms with E-state index in [1.807, 2.05) is 66.7 Å². The molecule has 0 spiro atoms. The summed E-state index contributed by atoms with van der Waals surface area (Å²) < 4.78 is 11.4. The number of aliphatic carboxylic acids is 1. The molecule has 0 aromatic heterocycles. The van der Waals surface area contributed by atoms with Crippen molar-refractivity contribution in [2.45, 2.75) is 50.5 Å². The molecule has 0 fully saturated rings. The van der Waals surface area contributed by atoms with E-state index in [1.54, 1.807) is 6.92 Å². The van der Waals surface area contributed by atoms with Gasteiger partial charge in [0.1, 0.15) is 6.61 Å². The highest BCUT2D eigenvalue weighted by Gasteiger charge is 2.33. The molecule has 0 radical (unpaired) electrons. The highest BCUT2D eigenvalue weighted by Crippen LogP contribution is 2.44. The summed E-state index contributed by atoms with van der Waals surface area (Å²) in [5.74, 6) is -2.11. The maximum atomic E-state index is 13.0. The number of alkyl carbamates (subject to hydrolysis) is 1. The summed E-state index contributed by atoms with van der Waals surface area (Å²) in [5.41, 5.74) is 5.48. The number of carboxylic acid groups (broad SMARTS) is 1. The maximum Gasteiger partial charge on any atom is 0.407 e. The van der Waals surface area contributed by atoms with Crippen molar-refractivity contribution in [1.29, 1.82) is 0 Å². The molecule has 41 heavy (non-hydrogen) atoms. The number of carboxylic acids is 1. The van der Waals surface area contributed by atoms with Crippen LogP contribution in [0.5, 0.6) is 0 Å². The van der Waals surface area contributed by atoms with E-state index in [0.29, 0.717) is 12.8 Å². The van der Waals surface area contributed by atoms with Gasteiger partial charge in [-0.2, -0.15) is 0 Å². The summed E-state index contributed by atoms with van der Waals surface area (Å²) in [6, 6.07) is 24.1. The molecule has 2 aliphatic carbocycles. The number of ether oxygens (including phenoxy) is 2. The minimum absolute atomic E-state index is 0.0485. The lowest BCUT2D eigenvalue weighted by Gasteiger charge is -2.28. The molecule has 0 bridgehead atoms. The number of carbonyl (C=O) groups excluding carboxylic acids is 2. The zero-order valence-electron chi connectivity index (χ0n) is 22.9. The van der Waals surface area contributed by atoms with Gasteiger partial charge in [0.15, 0.2) is 6.04 Å². The number of hydrogen-bond acceptors (Lipinski definition) is 5. The predicted octanol–water partition coefficient (Wildman–Crippen LogP) is 5.03. The van der Waals surface area contributed by atoms with E-state index in [4.69, 9.17) is 9.47 Å². The number of rotatable bonds is 10. The Kier molecular flexibility index (Phi) is 8.79. The van der Waals surface area contributed by atoms with Crippen molar-refractivity contribution >= 4 is 18.0 Å². The van der Waals surface area contributed by atoms with Crippen LogP contribution < -0.4 is 10.6 Å². The topological polar surface area (TPSA) is 114 Å². The van der Waals surface area contributed by atoms with Crippen LogP contribution in [-0.4, -0.2) is 47.9 Å². The molecule has 0 unspecified atom stereocenters. The Morgan fingerprint density at radius 1 is 0.927 bits per heavy atom. The number of benzene rings is 3. The Labute approximate surface area is 239 Å². The van der Waals surface area contributed by atoms with Crippen molar-refractivity contribution in [2.24, 2.45) is 5.92 Å². The molecule has 212 valence electrons. The molecule has 2 amide bonds. The molecule has 4 atom stereocenters. The third-order valence-corrected chi connectivity index (χ3v) is 7.73. The van der Waals surface area contributed by atoms with Crippen LogP contribution in [0.4, 0.5) is 4.79 Å². The lowest BCUT2D eigenvalue weighted by atomic mass is 9.90. The van der Waals surface area contributed by atoms with Gasteiger partial charge in [0.25, 0.3) is 0 Å². The van der Waals surface area contributed by atoms with Crippen LogP contribution in [0.1, 0.15) is 42.4 Å². The monoisotopic (exact) mass is 554 g/mol. The first-order chi connectivity index (χ1) is 19.9. The minimum Gasteiger partial charge on any atom is -0.480 e. The zero-order valence-corrected chi connectivity index (χ0v) is 22.9. The number of fused-ring (bicyclic) bond motifs is 3. The molecule has 0 saturated heterocycles.